The summed E-state index contributed by atoms with van der Waals surface area (Å²) in [5.74, 6) is 0. The van der Waals surface area contributed by atoms with Gasteiger partial charge in [-0.2, -0.15) is 0 Å². The van der Waals surface area contributed by atoms with Gasteiger partial charge in [-0.15, -0.1) is 6.58 Å². The van der Waals surface area contributed by atoms with Crippen molar-refractivity contribution in [2.24, 2.45) is 0 Å². The normalized spacial score (nSPS) is 9.00. The Morgan fingerprint density at radius 3 is 2.36 bits per heavy atom. The van der Waals surface area contributed by atoms with E-state index >= 15 is 0 Å². The molecular formula is C8H16N2O. The SMILES string of the molecule is C=CCN(CC)C(=O)N(C)C. The highest BCUT2D eigenvalue weighted by Gasteiger charge is 2.10. The smallest absolute Gasteiger partial charge is 0.319 e. The second kappa shape index (κ2) is 4.77. The van der Waals surface area contributed by atoms with Crippen LogP contribution in [-0.4, -0.2) is 43.0 Å². The largest absolute Gasteiger partial charge is 0.331 e. The zero-order chi connectivity index (χ0) is 8.85. The molecule has 0 fully saturated rings. The fourth-order valence-electron chi connectivity index (χ4n) is 0.781. The molecule has 0 N–H and O–H groups in total. The molecule has 0 aromatic carbocycles. The third-order valence-corrected chi connectivity index (χ3v) is 1.38. The first-order chi connectivity index (χ1) is 5.13. The number of carbonyl (C=O) groups excluding carboxylic acids is 1. The number of hydrogen-bond acceptors (Lipinski definition) is 1. The summed E-state index contributed by atoms with van der Waals surface area (Å²) in [6, 6.07) is 0.0346. The van der Waals surface area contributed by atoms with Crippen LogP contribution in [0.3, 0.4) is 0 Å². The maximum atomic E-state index is 11.3. The summed E-state index contributed by atoms with van der Waals surface area (Å²) in [6.45, 7) is 6.87. The van der Waals surface area contributed by atoms with Gasteiger partial charge in [0.05, 0.1) is 0 Å². The van der Waals surface area contributed by atoms with Gasteiger partial charge >= 0.3 is 6.03 Å². The molecule has 0 aliphatic rings. The van der Waals surface area contributed by atoms with Crippen molar-refractivity contribution in [3.63, 3.8) is 0 Å². The molecule has 0 saturated heterocycles. The zero-order valence-corrected chi connectivity index (χ0v) is 7.50. The molecule has 0 bridgehead atoms. The van der Waals surface area contributed by atoms with E-state index in [1.54, 1.807) is 30.0 Å². The minimum Gasteiger partial charge on any atom is -0.331 e. The molecule has 0 heterocycles. The van der Waals surface area contributed by atoms with Crippen molar-refractivity contribution in [1.29, 1.82) is 0 Å². The minimum atomic E-state index is 0.0346. The molecule has 2 amide bonds. The lowest BCUT2D eigenvalue weighted by Gasteiger charge is -2.23. The molecule has 3 nitrogen and oxygen atoms in total. The average Bonchev–Trinajstić information content (AvgIpc) is 1.98. The van der Waals surface area contributed by atoms with Crippen LogP contribution in [0.2, 0.25) is 0 Å². The van der Waals surface area contributed by atoms with Gasteiger partial charge in [0, 0.05) is 27.2 Å². The second-order valence-electron chi connectivity index (χ2n) is 2.50. The van der Waals surface area contributed by atoms with Crippen LogP contribution in [-0.2, 0) is 0 Å². The van der Waals surface area contributed by atoms with Crippen LogP contribution in [0.5, 0.6) is 0 Å². The Kier molecular flexibility index (Phi) is 4.34. The molecular weight excluding hydrogens is 140 g/mol. The molecule has 0 aromatic heterocycles. The minimum absolute atomic E-state index is 0.0346. The van der Waals surface area contributed by atoms with Gasteiger partial charge in [0.2, 0.25) is 0 Å². The Morgan fingerprint density at radius 1 is 1.55 bits per heavy atom. The summed E-state index contributed by atoms with van der Waals surface area (Å²) in [4.78, 5) is 14.5. The van der Waals surface area contributed by atoms with Crippen LogP contribution >= 0.6 is 0 Å². The van der Waals surface area contributed by atoms with Crippen molar-refractivity contribution in [1.82, 2.24) is 9.80 Å². The summed E-state index contributed by atoms with van der Waals surface area (Å²) < 4.78 is 0. The van der Waals surface area contributed by atoms with Gasteiger partial charge in [0.15, 0.2) is 0 Å². The first kappa shape index (κ1) is 10.0. The van der Waals surface area contributed by atoms with Gasteiger partial charge in [-0.3, -0.25) is 0 Å². The van der Waals surface area contributed by atoms with E-state index < -0.39 is 0 Å². The molecule has 0 radical (unpaired) electrons. The van der Waals surface area contributed by atoms with E-state index in [0.717, 1.165) is 6.54 Å². The highest BCUT2D eigenvalue weighted by atomic mass is 16.2. The maximum absolute atomic E-state index is 11.3. The fraction of sp³-hybridized carbons (Fsp3) is 0.625. The van der Waals surface area contributed by atoms with E-state index in [1.807, 2.05) is 6.92 Å². The third-order valence-electron chi connectivity index (χ3n) is 1.38. The van der Waals surface area contributed by atoms with Crippen LogP contribution in [0.25, 0.3) is 0 Å². The Morgan fingerprint density at radius 2 is 2.09 bits per heavy atom. The molecule has 0 aliphatic heterocycles. The van der Waals surface area contributed by atoms with Crippen molar-refractivity contribution in [3.05, 3.63) is 12.7 Å². The first-order valence-corrected chi connectivity index (χ1v) is 3.70. The van der Waals surface area contributed by atoms with E-state index in [1.165, 1.54) is 0 Å². The number of likely N-dealkylation sites (N-methyl/N-ethyl adjacent to an activating group) is 1. The summed E-state index contributed by atoms with van der Waals surface area (Å²) in [5.41, 5.74) is 0. The number of rotatable bonds is 3. The Balaban J connectivity index is 4.02. The van der Waals surface area contributed by atoms with Crippen LogP contribution in [0, 0.1) is 0 Å². The van der Waals surface area contributed by atoms with E-state index in [0.29, 0.717) is 6.54 Å². The van der Waals surface area contributed by atoms with Gasteiger partial charge < -0.3 is 9.80 Å². The van der Waals surface area contributed by atoms with Crippen molar-refractivity contribution in [2.45, 2.75) is 6.92 Å². The first-order valence-electron chi connectivity index (χ1n) is 3.70. The van der Waals surface area contributed by atoms with Crippen LogP contribution in [0.15, 0.2) is 12.7 Å². The van der Waals surface area contributed by atoms with Gasteiger partial charge in [-0.05, 0) is 6.92 Å². The highest BCUT2D eigenvalue weighted by molar-refractivity contribution is 5.73. The highest BCUT2D eigenvalue weighted by Crippen LogP contribution is 1.93. The molecule has 11 heavy (non-hydrogen) atoms. The molecule has 3 heteroatoms. The Labute approximate surface area is 68.3 Å². The number of carbonyl (C=O) groups is 1. The average molecular weight is 156 g/mol. The van der Waals surface area contributed by atoms with E-state index in [9.17, 15) is 4.79 Å². The number of hydrogen-bond donors (Lipinski definition) is 0. The fourth-order valence-corrected chi connectivity index (χ4v) is 0.781. The number of amides is 2. The monoisotopic (exact) mass is 156 g/mol. The second-order valence-corrected chi connectivity index (χ2v) is 2.50. The number of nitrogens with zero attached hydrogens (tertiary/aromatic N) is 2. The van der Waals surface area contributed by atoms with Gasteiger partial charge in [-0.25, -0.2) is 4.79 Å². The predicted molar refractivity (Wildman–Crippen MR) is 46.5 cm³/mol. The van der Waals surface area contributed by atoms with Crippen molar-refractivity contribution >= 4 is 6.03 Å². The van der Waals surface area contributed by atoms with E-state index in [2.05, 4.69) is 6.58 Å². The van der Waals surface area contributed by atoms with Crippen LogP contribution in [0.4, 0.5) is 4.79 Å². The molecule has 0 rings (SSSR count). The van der Waals surface area contributed by atoms with E-state index in [4.69, 9.17) is 0 Å². The molecule has 0 aliphatic carbocycles. The molecule has 0 aromatic rings. The summed E-state index contributed by atoms with van der Waals surface area (Å²) in [5, 5.41) is 0. The number of urea groups is 1. The lowest BCUT2D eigenvalue weighted by atomic mass is 10.5. The molecule has 64 valence electrons. The standard InChI is InChI=1S/C8H16N2O/c1-5-7-10(6-2)8(11)9(3)4/h5H,1,6-7H2,2-4H3. The van der Waals surface area contributed by atoms with Crippen molar-refractivity contribution in [2.75, 3.05) is 27.2 Å². The van der Waals surface area contributed by atoms with Gasteiger partial charge in [0.25, 0.3) is 0 Å². The lowest BCUT2D eigenvalue weighted by molar-refractivity contribution is 0.179. The molecule has 0 atom stereocenters. The molecule has 0 unspecified atom stereocenters. The van der Waals surface area contributed by atoms with Crippen LogP contribution < -0.4 is 0 Å². The summed E-state index contributed by atoms with van der Waals surface area (Å²) in [7, 11) is 3.49. The molecule has 0 spiro atoms. The van der Waals surface area contributed by atoms with Crippen molar-refractivity contribution < 1.29 is 4.79 Å². The molecule has 0 saturated carbocycles. The van der Waals surface area contributed by atoms with Gasteiger partial charge in [-0.1, -0.05) is 6.08 Å². The van der Waals surface area contributed by atoms with E-state index in [-0.39, 0.29) is 6.03 Å². The quantitative estimate of drug-likeness (QED) is 0.563. The zero-order valence-electron chi connectivity index (χ0n) is 7.50. The summed E-state index contributed by atoms with van der Waals surface area (Å²) in [6.07, 6.45) is 1.73. The lowest BCUT2D eigenvalue weighted by Crippen LogP contribution is -2.39. The van der Waals surface area contributed by atoms with Crippen LogP contribution in [0.1, 0.15) is 6.92 Å². The maximum Gasteiger partial charge on any atom is 0.319 e. The topological polar surface area (TPSA) is 23.6 Å². The Bertz CT molecular complexity index is 143. The Hall–Kier alpha value is -0.990. The summed E-state index contributed by atoms with van der Waals surface area (Å²) >= 11 is 0. The van der Waals surface area contributed by atoms with Crippen molar-refractivity contribution in [3.8, 4) is 0 Å². The predicted octanol–water partition coefficient (Wildman–Crippen LogP) is 1.18. The van der Waals surface area contributed by atoms with Gasteiger partial charge in [0.1, 0.15) is 0 Å². The third kappa shape index (κ3) is 3.07.